The van der Waals surface area contributed by atoms with Crippen molar-refractivity contribution >= 4 is 28.6 Å². The van der Waals surface area contributed by atoms with Gasteiger partial charge in [-0.05, 0) is 31.0 Å². The van der Waals surface area contributed by atoms with Crippen LogP contribution in [0.25, 0.3) is 10.8 Å². The van der Waals surface area contributed by atoms with Crippen molar-refractivity contribution in [3.05, 3.63) is 53.3 Å². The zero-order valence-electron chi connectivity index (χ0n) is 15.6. The van der Waals surface area contributed by atoms with E-state index < -0.39 is 0 Å². The summed E-state index contributed by atoms with van der Waals surface area (Å²) in [6, 6.07) is 9.83. The van der Waals surface area contributed by atoms with Crippen molar-refractivity contribution in [2.45, 2.75) is 13.8 Å². The summed E-state index contributed by atoms with van der Waals surface area (Å²) < 4.78 is 0. The molecule has 3 heterocycles. The van der Waals surface area contributed by atoms with Crippen LogP contribution in [0.5, 0.6) is 0 Å². The Hall–Kier alpha value is -2.80. The molecule has 1 aliphatic heterocycles. The van der Waals surface area contributed by atoms with Gasteiger partial charge in [0, 0.05) is 32.5 Å². The second-order valence-corrected chi connectivity index (χ2v) is 7.90. The molecular weight excluding hydrogens is 358 g/mol. The fraction of sp³-hybridized carbons (Fsp3) is 0.300. The highest BCUT2D eigenvalue weighted by Crippen LogP contribution is 2.35. The fourth-order valence-electron chi connectivity index (χ4n) is 3.46. The number of aromatic nitrogens is 3. The van der Waals surface area contributed by atoms with Gasteiger partial charge in [-0.2, -0.15) is 0 Å². The van der Waals surface area contributed by atoms with Crippen molar-refractivity contribution in [3.63, 3.8) is 0 Å². The molecule has 0 saturated carbocycles. The van der Waals surface area contributed by atoms with E-state index in [0.717, 1.165) is 23.6 Å². The number of anilines is 2. The summed E-state index contributed by atoms with van der Waals surface area (Å²) in [6.07, 6.45) is 3.37. The Morgan fingerprint density at radius 2 is 1.81 bits per heavy atom. The van der Waals surface area contributed by atoms with Crippen molar-refractivity contribution in [2.75, 3.05) is 29.9 Å². The first kappa shape index (κ1) is 17.6. The van der Waals surface area contributed by atoms with Crippen LogP contribution >= 0.6 is 11.3 Å². The maximum absolute atomic E-state index is 13.5. The lowest BCUT2D eigenvalue weighted by Crippen LogP contribution is -2.34. The van der Waals surface area contributed by atoms with E-state index in [1.54, 1.807) is 18.5 Å². The monoisotopic (exact) mass is 379 g/mol. The topological polar surface area (TPSA) is 62.2 Å². The SMILES string of the molecule is Cc1nc(-c2ncccn2)sc1C(=O)N1C[C@@H](C)CN(C)c2ccccc21. The Labute approximate surface area is 162 Å². The number of rotatable bonds is 2. The number of hydrogen-bond donors (Lipinski definition) is 0. The van der Waals surface area contributed by atoms with E-state index in [1.807, 2.05) is 30.0 Å². The Morgan fingerprint density at radius 3 is 2.56 bits per heavy atom. The second kappa shape index (κ2) is 7.08. The van der Waals surface area contributed by atoms with Crippen molar-refractivity contribution in [3.8, 4) is 10.8 Å². The standard InChI is InChI=1S/C20H21N5OS/c1-13-11-24(3)15-7-4-5-8-16(15)25(12-13)20(26)17-14(2)23-19(27-17)18-21-9-6-10-22-18/h4-10,13H,11-12H2,1-3H3/t13-/m0/s1. The van der Waals surface area contributed by atoms with Gasteiger partial charge < -0.3 is 9.80 Å². The van der Waals surface area contributed by atoms with Gasteiger partial charge in [-0.3, -0.25) is 4.79 Å². The summed E-state index contributed by atoms with van der Waals surface area (Å²) in [5.41, 5.74) is 2.74. The zero-order valence-corrected chi connectivity index (χ0v) is 16.4. The molecular formula is C20H21N5OS. The molecule has 27 heavy (non-hydrogen) atoms. The molecule has 6 nitrogen and oxygen atoms in total. The lowest BCUT2D eigenvalue weighted by molar-refractivity contribution is 0.0987. The Morgan fingerprint density at radius 1 is 1.11 bits per heavy atom. The minimum atomic E-state index is -0.0122. The normalized spacial score (nSPS) is 16.8. The van der Waals surface area contributed by atoms with Gasteiger partial charge in [0.05, 0.1) is 17.1 Å². The predicted molar refractivity (Wildman–Crippen MR) is 108 cm³/mol. The quantitative estimate of drug-likeness (QED) is 0.680. The molecule has 1 aliphatic rings. The summed E-state index contributed by atoms with van der Waals surface area (Å²) in [6.45, 7) is 5.63. The summed E-state index contributed by atoms with van der Waals surface area (Å²) in [4.78, 5) is 31.3. The van der Waals surface area contributed by atoms with Crippen molar-refractivity contribution < 1.29 is 4.79 Å². The van der Waals surface area contributed by atoms with Crippen molar-refractivity contribution in [1.29, 1.82) is 0 Å². The molecule has 0 spiro atoms. The van der Waals surface area contributed by atoms with Crippen LogP contribution in [0.2, 0.25) is 0 Å². The number of carbonyl (C=O) groups is 1. The van der Waals surface area contributed by atoms with Gasteiger partial charge in [0.25, 0.3) is 5.91 Å². The number of aryl methyl sites for hydroxylation is 1. The maximum Gasteiger partial charge on any atom is 0.270 e. The minimum Gasteiger partial charge on any atom is -0.373 e. The molecule has 0 saturated heterocycles. The molecule has 7 heteroatoms. The number of amides is 1. The molecule has 0 N–H and O–H groups in total. The van der Waals surface area contributed by atoms with E-state index in [-0.39, 0.29) is 5.91 Å². The molecule has 0 bridgehead atoms. The molecule has 0 fully saturated rings. The van der Waals surface area contributed by atoms with Gasteiger partial charge in [-0.15, -0.1) is 11.3 Å². The number of carbonyl (C=O) groups excluding carboxylic acids is 1. The van der Waals surface area contributed by atoms with Gasteiger partial charge in [0.1, 0.15) is 4.88 Å². The van der Waals surface area contributed by atoms with Crippen LogP contribution in [0, 0.1) is 12.8 Å². The number of para-hydroxylation sites is 2. The van der Waals surface area contributed by atoms with E-state index in [2.05, 4.69) is 39.9 Å². The highest BCUT2D eigenvalue weighted by Gasteiger charge is 2.29. The first-order valence-corrected chi connectivity index (χ1v) is 9.73. The smallest absolute Gasteiger partial charge is 0.270 e. The largest absolute Gasteiger partial charge is 0.373 e. The lowest BCUT2D eigenvalue weighted by Gasteiger charge is -2.24. The van der Waals surface area contributed by atoms with Gasteiger partial charge in [0.15, 0.2) is 10.8 Å². The Bertz CT molecular complexity index is 972. The van der Waals surface area contributed by atoms with Crippen LogP contribution in [0.15, 0.2) is 42.7 Å². The molecule has 0 unspecified atom stereocenters. The van der Waals surface area contributed by atoms with Crippen LogP contribution in [0.3, 0.4) is 0 Å². The highest BCUT2D eigenvalue weighted by atomic mass is 32.1. The first-order chi connectivity index (χ1) is 13.0. The number of benzene rings is 1. The van der Waals surface area contributed by atoms with Gasteiger partial charge in [-0.25, -0.2) is 15.0 Å². The number of nitrogens with zero attached hydrogens (tertiary/aromatic N) is 5. The van der Waals surface area contributed by atoms with Gasteiger partial charge in [-0.1, -0.05) is 19.1 Å². The molecule has 1 amide bonds. The second-order valence-electron chi connectivity index (χ2n) is 6.90. The van der Waals surface area contributed by atoms with Gasteiger partial charge >= 0.3 is 0 Å². The molecule has 1 atom stereocenters. The summed E-state index contributed by atoms with van der Waals surface area (Å²) in [5, 5.41) is 0.671. The van der Waals surface area contributed by atoms with Crippen LogP contribution < -0.4 is 9.80 Å². The van der Waals surface area contributed by atoms with Crippen LogP contribution in [0.1, 0.15) is 22.3 Å². The number of hydrogen-bond acceptors (Lipinski definition) is 6. The Balaban J connectivity index is 1.74. The predicted octanol–water partition coefficient (Wildman–Crippen LogP) is 3.64. The van der Waals surface area contributed by atoms with E-state index in [9.17, 15) is 4.79 Å². The average molecular weight is 379 g/mol. The summed E-state index contributed by atoms with van der Waals surface area (Å²) in [5.74, 6) is 0.896. The molecule has 2 aromatic heterocycles. The van der Waals surface area contributed by atoms with Gasteiger partial charge in [0.2, 0.25) is 0 Å². The molecule has 138 valence electrons. The molecule has 0 aliphatic carbocycles. The molecule has 0 radical (unpaired) electrons. The maximum atomic E-state index is 13.5. The van der Waals surface area contributed by atoms with Crippen LogP contribution in [-0.2, 0) is 0 Å². The van der Waals surface area contributed by atoms with E-state index in [1.165, 1.54) is 11.3 Å². The third-order valence-corrected chi connectivity index (χ3v) is 5.80. The average Bonchev–Trinajstić information content (AvgIpc) is 3.02. The first-order valence-electron chi connectivity index (χ1n) is 8.91. The molecule has 4 rings (SSSR count). The number of thiazole rings is 1. The molecule has 1 aromatic carbocycles. The van der Waals surface area contributed by atoms with Crippen LogP contribution in [-0.4, -0.2) is 41.0 Å². The summed E-state index contributed by atoms with van der Waals surface area (Å²) in [7, 11) is 2.08. The van der Waals surface area contributed by atoms with E-state index in [0.29, 0.717) is 28.2 Å². The van der Waals surface area contributed by atoms with E-state index in [4.69, 9.17) is 0 Å². The zero-order chi connectivity index (χ0) is 19.0. The third-order valence-electron chi connectivity index (χ3n) is 4.66. The van der Waals surface area contributed by atoms with E-state index >= 15 is 0 Å². The number of fused-ring (bicyclic) bond motifs is 1. The Kier molecular flexibility index (Phi) is 4.61. The van der Waals surface area contributed by atoms with Crippen LogP contribution in [0.4, 0.5) is 11.4 Å². The molecule has 3 aromatic rings. The summed E-state index contributed by atoms with van der Waals surface area (Å²) >= 11 is 1.36. The fourth-order valence-corrected chi connectivity index (χ4v) is 4.43. The highest BCUT2D eigenvalue weighted by molar-refractivity contribution is 7.17. The lowest BCUT2D eigenvalue weighted by atomic mass is 10.1. The minimum absolute atomic E-state index is 0.0122. The van der Waals surface area contributed by atoms with Crippen molar-refractivity contribution in [2.24, 2.45) is 5.92 Å². The third kappa shape index (κ3) is 3.30. The van der Waals surface area contributed by atoms with Crippen molar-refractivity contribution in [1.82, 2.24) is 15.0 Å².